The molecular weight excluding hydrogens is 434 g/mol. The number of thiol groups is 1. The third-order valence-electron chi connectivity index (χ3n) is 4.85. The number of aromatic nitrogens is 2. The summed E-state index contributed by atoms with van der Waals surface area (Å²) >= 11 is 4.78. The van der Waals surface area contributed by atoms with Crippen LogP contribution in [0.5, 0.6) is 0 Å². The number of ether oxygens (including phenoxy) is 2. The monoisotopic (exact) mass is 463 g/mol. The first-order valence-corrected chi connectivity index (χ1v) is 11.1. The summed E-state index contributed by atoms with van der Waals surface area (Å²) < 4.78 is 11.3. The number of hydrogen-bond acceptors (Lipinski definition) is 8. The highest BCUT2D eigenvalue weighted by Crippen LogP contribution is 2.30. The Hall–Kier alpha value is -3.36. The smallest absolute Gasteiger partial charge is 0.162 e. The van der Waals surface area contributed by atoms with Crippen molar-refractivity contribution in [1.29, 1.82) is 0 Å². The third-order valence-corrected chi connectivity index (χ3v) is 5.28. The van der Waals surface area contributed by atoms with Crippen LogP contribution in [0.4, 0.5) is 5.82 Å². The lowest BCUT2D eigenvalue weighted by molar-refractivity contribution is 0.122. The van der Waals surface area contributed by atoms with E-state index in [9.17, 15) is 0 Å². The van der Waals surface area contributed by atoms with Gasteiger partial charge in [-0.25, -0.2) is 9.97 Å². The van der Waals surface area contributed by atoms with E-state index < -0.39 is 0 Å². The summed E-state index contributed by atoms with van der Waals surface area (Å²) in [5.74, 6) is 7.49. The zero-order chi connectivity index (χ0) is 23.5. The lowest BCUT2D eigenvalue weighted by Gasteiger charge is -2.29. The summed E-state index contributed by atoms with van der Waals surface area (Å²) in [5.41, 5.74) is 2.38. The predicted molar refractivity (Wildman–Crippen MR) is 138 cm³/mol. The summed E-state index contributed by atoms with van der Waals surface area (Å²) in [7, 11) is 0. The molecule has 1 saturated heterocycles. The Morgan fingerprint density at radius 1 is 1.30 bits per heavy atom. The van der Waals surface area contributed by atoms with Gasteiger partial charge in [0.1, 0.15) is 18.2 Å². The quantitative estimate of drug-likeness (QED) is 0.145. The molecule has 1 aromatic heterocycles. The van der Waals surface area contributed by atoms with Gasteiger partial charge in [-0.1, -0.05) is 43.0 Å². The number of benzene rings is 1. The van der Waals surface area contributed by atoms with Crippen molar-refractivity contribution >= 4 is 30.7 Å². The fraction of sp³-hybridized carbons (Fsp3) is 0.240. The molecule has 0 spiro atoms. The van der Waals surface area contributed by atoms with Crippen LogP contribution in [0.3, 0.4) is 0 Å². The molecule has 0 bridgehead atoms. The summed E-state index contributed by atoms with van der Waals surface area (Å²) in [4.78, 5) is 12.5. The van der Waals surface area contributed by atoms with E-state index in [1.165, 1.54) is 0 Å². The van der Waals surface area contributed by atoms with Crippen LogP contribution in [-0.2, 0) is 9.47 Å². The molecule has 1 aliphatic rings. The first kappa shape index (κ1) is 24.3. The maximum absolute atomic E-state index is 5.79. The number of nitrogens with zero attached hydrogens (tertiary/aromatic N) is 4. The Morgan fingerprint density at radius 2 is 2.09 bits per heavy atom. The molecule has 1 aromatic carbocycles. The van der Waals surface area contributed by atoms with E-state index in [1.807, 2.05) is 61.6 Å². The minimum atomic E-state index is 0.375. The second kappa shape index (κ2) is 12.6. The fourth-order valence-corrected chi connectivity index (χ4v) is 3.64. The van der Waals surface area contributed by atoms with Gasteiger partial charge < -0.3 is 20.2 Å². The van der Waals surface area contributed by atoms with Gasteiger partial charge in [0, 0.05) is 24.2 Å². The highest BCUT2D eigenvalue weighted by molar-refractivity contribution is 7.80. The highest BCUT2D eigenvalue weighted by Gasteiger charge is 2.20. The van der Waals surface area contributed by atoms with Crippen molar-refractivity contribution in [3.63, 3.8) is 0 Å². The number of rotatable bonds is 9. The molecule has 1 aliphatic heterocycles. The van der Waals surface area contributed by atoms with Crippen LogP contribution < -0.4 is 10.7 Å². The molecule has 8 heteroatoms. The summed E-state index contributed by atoms with van der Waals surface area (Å²) in [5, 5.41) is 3.68. The molecule has 0 unspecified atom stereocenters. The van der Waals surface area contributed by atoms with Crippen molar-refractivity contribution in [1.82, 2.24) is 9.97 Å². The maximum Gasteiger partial charge on any atom is 0.162 e. The number of anilines is 1. The van der Waals surface area contributed by atoms with E-state index in [0.29, 0.717) is 36.2 Å². The molecule has 1 fully saturated rings. The van der Waals surface area contributed by atoms with Gasteiger partial charge in [0.2, 0.25) is 0 Å². The second-order valence-corrected chi connectivity index (χ2v) is 7.53. The Kier molecular flexibility index (Phi) is 9.29. The molecule has 33 heavy (non-hydrogen) atoms. The summed E-state index contributed by atoms with van der Waals surface area (Å²) in [6, 6.07) is 7.74. The van der Waals surface area contributed by atoms with Gasteiger partial charge in [-0.3, -0.25) is 0 Å². The van der Waals surface area contributed by atoms with E-state index >= 15 is 0 Å². The lowest BCUT2D eigenvalue weighted by atomic mass is 10.1. The molecular formula is C25H29N5O2S. The fourth-order valence-electron chi connectivity index (χ4n) is 3.32. The van der Waals surface area contributed by atoms with Crippen LogP contribution in [0.15, 0.2) is 77.0 Å². The molecule has 7 nitrogen and oxygen atoms in total. The molecule has 0 saturated carbocycles. The average Bonchev–Trinajstić information content (AvgIpc) is 2.84. The van der Waals surface area contributed by atoms with E-state index in [0.717, 1.165) is 35.8 Å². The molecule has 2 N–H and O–H groups in total. The first-order chi connectivity index (χ1) is 16.2. The second-order valence-electron chi connectivity index (χ2n) is 7.09. The Balaban J connectivity index is 1.98. The van der Waals surface area contributed by atoms with E-state index in [1.54, 1.807) is 12.3 Å². The van der Waals surface area contributed by atoms with Crippen LogP contribution in [-0.4, -0.2) is 49.1 Å². The summed E-state index contributed by atoms with van der Waals surface area (Å²) in [6.45, 7) is 8.79. The zero-order valence-electron chi connectivity index (χ0n) is 18.7. The van der Waals surface area contributed by atoms with Crippen molar-refractivity contribution < 1.29 is 9.47 Å². The van der Waals surface area contributed by atoms with E-state index in [4.69, 9.17) is 37.9 Å². The molecule has 0 amide bonds. The zero-order valence-corrected chi connectivity index (χ0v) is 19.6. The Bertz CT molecular complexity index is 1070. The van der Waals surface area contributed by atoms with Crippen LogP contribution >= 0.6 is 12.6 Å². The topological polar surface area (TPSA) is 85.9 Å². The molecule has 0 aliphatic carbocycles. The number of hydrogen-bond donors (Lipinski definition) is 2. The standard InChI is InChI=1S/C25H29N5O2S/c1-3-8-20(9-4-2)32-15-7-12-22-23(33)25(30-13-16-31-17-14-30)29-24(28-22)21-11-6-5-10-19(21)18-27-26/h3-12,18,33H,1,13-17,26H2,2H3/b9-4-,12-7+,20-8+,27-18-. The largest absolute Gasteiger partial charge is 0.490 e. The number of morpholine rings is 1. The summed E-state index contributed by atoms with van der Waals surface area (Å²) in [6.07, 6.45) is 12.7. The van der Waals surface area contributed by atoms with Crippen molar-refractivity contribution in [3.05, 3.63) is 78.2 Å². The van der Waals surface area contributed by atoms with Gasteiger partial charge in [-0.05, 0) is 31.2 Å². The predicted octanol–water partition coefficient (Wildman–Crippen LogP) is 4.24. The highest BCUT2D eigenvalue weighted by atomic mass is 32.1. The van der Waals surface area contributed by atoms with Gasteiger partial charge in [-0.2, -0.15) is 5.10 Å². The molecule has 172 valence electrons. The molecule has 2 aromatic rings. The van der Waals surface area contributed by atoms with E-state index in [-0.39, 0.29) is 0 Å². The Morgan fingerprint density at radius 3 is 2.82 bits per heavy atom. The van der Waals surface area contributed by atoms with Gasteiger partial charge in [0.25, 0.3) is 0 Å². The van der Waals surface area contributed by atoms with Gasteiger partial charge in [0.05, 0.1) is 30.0 Å². The minimum absolute atomic E-state index is 0.375. The van der Waals surface area contributed by atoms with Gasteiger partial charge in [0.15, 0.2) is 5.82 Å². The number of nitrogens with two attached hydrogens (primary N) is 1. The van der Waals surface area contributed by atoms with Crippen molar-refractivity contribution in [2.45, 2.75) is 11.8 Å². The molecule has 3 rings (SSSR count). The van der Waals surface area contributed by atoms with Crippen LogP contribution in [0.2, 0.25) is 0 Å². The third kappa shape index (κ3) is 6.57. The lowest BCUT2D eigenvalue weighted by Crippen LogP contribution is -2.37. The van der Waals surface area contributed by atoms with Crippen molar-refractivity contribution in [2.24, 2.45) is 10.9 Å². The molecule has 0 atom stereocenters. The number of hydrazone groups is 1. The number of allylic oxidation sites excluding steroid dienone is 4. The van der Waals surface area contributed by atoms with Crippen molar-refractivity contribution in [2.75, 3.05) is 37.8 Å². The van der Waals surface area contributed by atoms with Crippen LogP contribution in [0.25, 0.3) is 17.5 Å². The van der Waals surface area contributed by atoms with Crippen molar-refractivity contribution in [3.8, 4) is 11.4 Å². The normalized spacial score (nSPS) is 15.1. The van der Waals surface area contributed by atoms with Crippen LogP contribution in [0, 0.1) is 0 Å². The maximum atomic E-state index is 5.79. The SMILES string of the molecule is C=C/C=C(\C=C/C)OC/C=C/c1nc(-c2ccccc2/C=N\N)nc(N2CCOCC2)c1S. The minimum Gasteiger partial charge on any atom is -0.490 e. The van der Waals surface area contributed by atoms with Gasteiger partial charge >= 0.3 is 0 Å². The van der Waals surface area contributed by atoms with Crippen LogP contribution in [0.1, 0.15) is 18.2 Å². The average molecular weight is 464 g/mol. The molecule has 2 heterocycles. The first-order valence-electron chi connectivity index (χ1n) is 10.7. The van der Waals surface area contributed by atoms with Gasteiger partial charge in [-0.15, -0.1) is 12.6 Å². The Labute approximate surface area is 200 Å². The van der Waals surface area contributed by atoms with E-state index in [2.05, 4.69) is 16.6 Å². The molecule has 0 radical (unpaired) electrons.